The van der Waals surface area contributed by atoms with E-state index in [2.05, 4.69) is 30.9 Å². The molecule has 2 aromatic rings. The van der Waals surface area contributed by atoms with Crippen molar-refractivity contribution in [1.29, 1.82) is 0 Å². The minimum Gasteiger partial charge on any atom is -0.318 e. The van der Waals surface area contributed by atoms with Crippen molar-refractivity contribution in [2.24, 2.45) is 0 Å². The van der Waals surface area contributed by atoms with Crippen molar-refractivity contribution in [3.8, 4) is 0 Å². The summed E-state index contributed by atoms with van der Waals surface area (Å²) in [5, 5.41) is 0. The van der Waals surface area contributed by atoms with E-state index in [0.717, 1.165) is 4.47 Å². The van der Waals surface area contributed by atoms with Crippen LogP contribution in [0.25, 0.3) is 11.2 Å². The molecule has 14 heavy (non-hydrogen) atoms. The molecule has 0 bridgehead atoms. The quantitative estimate of drug-likeness (QED) is 0.841. The maximum absolute atomic E-state index is 11.4. The van der Waals surface area contributed by atoms with Crippen molar-refractivity contribution in [1.82, 2.24) is 15.0 Å². The number of H-pyrrole nitrogens is 1. The lowest BCUT2D eigenvalue weighted by Crippen LogP contribution is -2.14. The van der Waals surface area contributed by atoms with Crippen LogP contribution in [0.5, 0.6) is 0 Å². The van der Waals surface area contributed by atoms with Gasteiger partial charge in [-0.3, -0.25) is 4.79 Å². The summed E-state index contributed by atoms with van der Waals surface area (Å²) in [5.74, 6) is 0. The molecule has 0 saturated heterocycles. The third-order valence-electron chi connectivity index (χ3n) is 1.92. The summed E-state index contributed by atoms with van der Waals surface area (Å²) in [5.41, 5.74) is 1.61. The van der Waals surface area contributed by atoms with E-state index in [1.807, 2.05) is 6.92 Å². The summed E-state index contributed by atoms with van der Waals surface area (Å²) in [6, 6.07) is 1.79. The number of aryl methyl sites for hydroxylation is 1. The van der Waals surface area contributed by atoms with Crippen molar-refractivity contribution in [2.75, 3.05) is 0 Å². The third kappa shape index (κ3) is 1.55. The molecule has 0 saturated carbocycles. The van der Waals surface area contributed by atoms with E-state index in [0.29, 0.717) is 23.3 Å². The zero-order chi connectivity index (χ0) is 10.1. The van der Waals surface area contributed by atoms with Crippen molar-refractivity contribution >= 4 is 27.1 Å². The second-order valence-corrected chi connectivity index (χ2v) is 3.81. The van der Waals surface area contributed by atoms with Crippen molar-refractivity contribution in [3.05, 3.63) is 32.8 Å². The topological polar surface area (TPSA) is 58.6 Å². The van der Waals surface area contributed by atoms with Crippen molar-refractivity contribution in [3.63, 3.8) is 0 Å². The summed E-state index contributed by atoms with van der Waals surface area (Å²) >= 11 is 3.28. The Hall–Kier alpha value is -1.23. The molecule has 0 aliphatic heterocycles. The fourth-order valence-electron chi connectivity index (χ4n) is 1.23. The largest absolute Gasteiger partial charge is 0.318 e. The van der Waals surface area contributed by atoms with E-state index in [-0.39, 0.29) is 5.56 Å². The number of aromatic amines is 1. The van der Waals surface area contributed by atoms with Crippen LogP contribution in [0.3, 0.4) is 0 Å². The van der Waals surface area contributed by atoms with Crippen LogP contribution in [0, 0.1) is 0 Å². The number of nitrogens with one attached hydrogen (secondary N) is 1. The maximum atomic E-state index is 11.4. The van der Waals surface area contributed by atoms with Crippen LogP contribution in [-0.4, -0.2) is 15.0 Å². The first-order valence-electron chi connectivity index (χ1n) is 4.25. The third-order valence-corrected chi connectivity index (χ3v) is 2.35. The zero-order valence-corrected chi connectivity index (χ0v) is 9.13. The number of halogens is 1. The standard InChI is InChI=1S/C9H8BrN3O/c1-2-6-9(14)13-7-3-5(10)4-11-8(7)12-6/h3-4H,2H2,1H3,(H,13,14). The van der Waals surface area contributed by atoms with E-state index >= 15 is 0 Å². The Kier molecular flexibility index (Phi) is 2.33. The molecule has 0 aromatic carbocycles. The van der Waals surface area contributed by atoms with E-state index < -0.39 is 0 Å². The smallest absolute Gasteiger partial charge is 0.270 e. The van der Waals surface area contributed by atoms with Gasteiger partial charge in [-0.1, -0.05) is 6.92 Å². The summed E-state index contributed by atoms with van der Waals surface area (Å²) in [4.78, 5) is 22.4. The second-order valence-electron chi connectivity index (χ2n) is 2.89. The van der Waals surface area contributed by atoms with E-state index in [1.165, 1.54) is 0 Å². The molecule has 0 atom stereocenters. The molecule has 1 N–H and O–H groups in total. The van der Waals surface area contributed by atoms with Gasteiger partial charge in [0.25, 0.3) is 5.56 Å². The molecule has 2 heterocycles. The molecule has 5 heteroatoms. The second kappa shape index (κ2) is 3.49. The summed E-state index contributed by atoms with van der Waals surface area (Å²) in [7, 11) is 0. The highest BCUT2D eigenvalue weighted by atomic mass is 79.9. The van der Waals surface area contributed by atoms with Gasteiger partial charge in [-0.2, -0.15) is 0 Å². The summed E-state index contributed by atoms with van der Waals surface area (Å²) < 4.78 is 0.826. The van der Waals surface area contributed by atoms with Crippen LogP contribution in [0.2, 0.25) is 0 Å². The monoisotopic (exact) mass is 253 g/mol. The number of rotatable bonds is 1. The first-order chi connectivity index (χ1) is 6.70. The molecule has 0 spiro atoms. The Bertz CT molecular complexity index is 535. The maximum Gasteiger partial charge on any atom is 0.270 e. The SMILES string of the molecule is CCc1nc2ncc(Br)cc2[nH]c1=O. The lowest BCUT2D eigenvalue weighted by atomic mass is 10.3. The van der Waals surface area contributed by atoms with Gasteiger partial charge in [0, 0.05) is 10.7 Å². The number of pyridine rings is 1. The molecule has 72 valence electrons. The van der Waals surface area contributed by atoms with Crippen molar-refractivity contribution in [2.45, 2.75) is 13.3 Å². The number of hydrogen-bond donors (Lipinski definition) is 1. The average molecular weight is 254 g/mol. The van der Waals surface area contributed by atoms with E-state index in [9.17, 15) is 4.79 Å². The molecule has 0 unspecified atom stereocenters. The molecular weight excluding hydrogens is 246 g/mol. The van der Waals surface area contributed by atoms with Gasteiger partial charge in [0.15, 0.2) is 5.65 Å². The first kappa shape index (κ1) is 9.33. The average Bonchev–Trinajstić information content (AvgIpc) is 2.16. The minimum atomic E-state index is -0.139. The number of hydrogen-bond acceptors (Lipinski definition) is 3. The van der Waals surface area contributed by atoms with Crippen molar-refractivity contribution < 1.29 is 0 Å². The Morgan fingerprint density at radius 1 is 1.57 bits per heavy atom. The Labute approximate surface area is 88.5 Å². The number of fused-ring (bicyclic) bond motifs is 1. The van der Waals surface area contributed by atoms with Crippen LogP contribution in [0.4, 0.5) is 0 Å². The number of nitrogens with zero attached hydrogens (tertiary/aromatic N) is 2. The van der Waals surface area contributed by atoms with E-state index in [1.54, 1.807) is 12.3 Å². The highest BCUT2D eigenvalue weighted by Crippen LogP contribution is 2.12. The summed E-state index contributed by atoms with van der Waals surface area (Å²) in [6.07, 6.45) is 2.27. The van der Waals surface area contributed by atoms with Gasteiger partial charge in [0.05, 0.1) is 5.52 Å². The number of aromatic nitrogens is 3. The predicted octanol–water partition coefficient (Wildman–Crippen LogP) is 1.64. The molecular formula is C9H8BrN3O. The van der Waals surface area contributed by atoms with Gasteiger partial charge in [-0.05, 0) is 28.4 Å². The van der Waals surface area contributed by atoms with Gasteiger partial charge < -0.3 is 4.98 Å². The van der Waals surface area contributed by atoms with E-state index in [4.69, 9.17) is 0 Å². The normalized spacial score (nSPS) is 10.7. The summed E-state index contributed by atoms with van der Waals surface area (Å²) in [6.45, 7) is 1.89. The molecule has 2 rings (SSSR count). The first-order valence-corrected chi connectivity index (χ1v) is 5.04. The lowest BCUT2D eigenvalue weighted by Gasteiger charge is -1.99. The molecule has 0 fully saturated rings. The highest BCUT2D eigenvalue weighted by molar-refractivity contribution is 9.10. The predicted molar refractivity (Wildman–Crippen MR) is 57.2 cm³/mol. The lowest BCUT2D eigenvalue weighted by molar-refractivity contribution is 0.985. The molecule has 0 aliphatic carbocycles. The van der Waals surface area contributed by atoms with Crippen LogP contribution in [0.1, 0.15) is 12.6 Å². The van der Waals surface area contributed by atoms with Gasteiger partial charge >= 0.3 is 0 Å². The van der Waals surface area contributed by atoms with Crippen LogP contribution >= 0.6 is 15.9 Å². The Morgan fingerprint density at radius 2 is 2.36 bits per heavy atom. The Balaban J connectivity index is 2.79. The molecule has 0 radical (unpaired) electrons. The molecule has 4 nitrogen and oxygen atoms in total. The molecule has 0 amide bonds. The van der Waals surface area contributed by atoms with Crippen LogP contribution in [-0.2, 0) is 6.42 Å². The van der Waals surface area contributed by atoms with Gasteiger partial charge in [-0.25, -0.2) is 9.97 Å². The van der Waals surface area contributed by atoms with Crippen LogP contribution < -0.4 is 5.56 Å². The van der Waals surface area contributed by atoms with Gasteiger partial charge in [-0.15, -0.1) is 0 Å². The Morgan fingerprint density at radius 3 is 3.07 bits per heavy atom. The fourth-order valence-corrected chi connectivity index (χ4v) is 1.56. The minimum absolute atomic E-state index is 0.139. The van der Waals surface area contributed by atoms with Gasteiger partial charge in [0.2, 0.25) is 0 Å². The van der Waals surface area contributed by atoms with Gasteiger partial charge in [0.1, 0.15) is 5.69 Å². The molecule has 2 aromatic heterocycles. The highest BCUT2D eigenvalue weighted by Gasteiger charge is 2.03. The zero-order valence-electron chi connectivity index (χ0n) is 7.54. The van der Waals surface area contributed by atoms with Crippen LogP contribution in [0.15, 0.2) is 21.5 Å². The fraction of sp³-hybridized carbons (Fsp3) is 0.222. The molecule has 0 aliphatic rings.